The summed E-state index contributed by atoms with van der Waals surface area (Å²) in [5.41, 5.74) is 4.79. The molecule has 0 aromatic heterocycles. The first-order valence-electron chi connectivity index (χ1n) is 5.76. The van der Waals surface area contributed by atoms with Crippen molar-refractivity contribution in [3.05, 3.63) is 29.8 Å². The summed E-state index contributed by atoms with van der Waals surface area (Å²) in [6.45, 7) is 2.16. The van der Waals surface area contributed by atoms with Crippen LogP contribution in [-0.2, 0) is 6.18 Å². The molecule has 19 heavy (non-hydrogen) atoms. The minimum atomic E-state index is -4.43. The van der Waals surface area contributed by atoms with Crippen LogP contribution in [-0.4, -0.2) is 18.6 Å². The first-order chi connectivity index (χ1) is 8.79. The van der Waals surface area contributed by atoms with Gasteiger partial charge in [0.1, 0.15) is 0 Å². The number of rotatable bonds is 4. The number of urea groups is 1. The fraction of sp³-hybridized carbons (Fsp3) is 0.417. The van der Waals surface area contributed by atoms with Crippen molar-refractivity contribution in [2.24, 2.45) is 5.73 Å². The number of alkyl halides is 3. The predicted molar refractivity (Wildman–Crippen MR) is 66.7 cm³/mol. The number of benzene rings is 1. The average Bonchev–Trinajstić information content (AvgIpc) is 2.27. The molecule has 4 nitrogen and oxygen atoms in total. The molecular formula is C12H16F3N3O. The second-order valence-electron chi connectivity index (χ2n) is 4.23. The molecule has 1 unspecified atom stereocenters. The van der Waals surface area contributed by atoms with Gasteiger partial charge in [-0.15, -0.1) is 0 Å². The highest BCUT2D eigenvalue weighted by Gasteiger charge is 2.30. The first kappa shape index (κ1) is 15.3. The van der Waals surface area contributed by atoms with Gasteiger partial charge >= 0.3 is 12.2 Å². The number of halogens is 3. The molecule has 7 heteroatoms. The smallest absolute Gasteiger partial charge is 0.338 e. The molecule has 1 aromatic carbocycles. The zero-order chi connectivity index (χ0) is 14.5. The Morgan fingerprint density at radius 3 is 2.68 bits per heavy atom. The van der Waals surface area contributed by atoms with Gasteiger partial charge in [0.05, 0.1) is 5.56 Å². The lowest BCUT2D eigenvalue weighted by atomic mass is 10.2. The van der Waals surface area contributed by atoms with Gasteiger partial charge in [-0.3, -0.25) is 0 Å². The highest BCUT2D eigenvalue weighted by molar-refractivity contribution is 5.89. The molecule has 0 saturated carbocycles. The van der Waals surface area contributed by atoms with E-state index in [-0.39, 0.29) is 11.7 Å². The normalized spacial score (nSPS) is 12.9. The predicted octanol–water partition coefficient (Wildman–Crippen LogP) is 2.56. The molecule has 1 aromatic rings. The molecule has 106 valence electrons. The monoisotopic (exact) mass is 275 g/mol. The molecule has 1 atom stereocenters. The van der Waals surface area contributed by atoms with Crippen molar-refractivity contribution < 1.29 is 18.0 Å². The van der Waals surface area contributed by atoms with E-state index < -0.39 is 17.8 Å². The summed E-state index contributed by atoms with van der Waals surface area (Å²) in [6, 6.07) is 3.85. The Hall–Kier alpha value is -1.76. The quantitative estimate of drug-likeness (QED) is 0.790. The van der Waals surface area contributed by atoms with Gasteiger partial charge in [0, 0.05) is 18.3 Å². The summed E-state index contributed by atoms with van der Waals surface area (Å²) < 4.78 is 37.4. The minimum absolute atomic E-state index is 0.0474. The highest BCUT2D eigenvalue weighted by Crippen LogP contribution is 2.30. The van der Waals surface area contributed by atoms with Crippen molar-refractivity contribution >= 4 is 11.7 Å². The van der Waals surface area contributed by atoms with Gasteiger partial charge in [-0.05, 0) is 31.5 Å². The Morgan fingerprint density at radius 1 is 1.42 bits per heavy atom. The second-order valence-corrected chi connectivity index (χ2v) is 4.23. The third-order valence-electron chi connectivity index (χ3n) is 2.33. The van der Waals surface area contributed by atoms with E-state index in [4.69, 9.17) is 5.73 Å². The van der Waals surface area contributed by atoms with Crippen LogP contribution in [0.25, 0.3) is 0 Å². The molecule has 0 saturated heterocycles. The Balaban J connectivity index is 2.55. The molecule has 0 fully saturated rings. The lowest BCUT2D eigenvalue weighted by Crippen LogP contribution is -2.32. The molecular weight excluding hydrogens is 259 g/mol. The summed E-state index contributed by atoms with van der Waals surface area (Å²) in [4.78, 5) is 11.4. The number of hydrogen-bond donors (Lipinski definition) is 3. The van der Waals surface area contributed by atoms with Crippen molar-refractivity contribution in [1.82, 2.24) is 5.32 Å². The zero-order valence-corrected chi connectivity index (χ0v) is 10.4. The first-order valence-corrected chi connectivity index (χ1v) is 5.76. The SMILES string of the molecule is CC(N)CCNC(=O)Nc1cccc(C(F)(F)F)c1. The molecule has 0 radical (unpaired) electrons. The van der Waals surface area contributed by atoms with Gasteiger partial charge in [-0.25, -0.2) is 4.79 Å². The topological polar surface area (TPSA) is 67.1 Å². The third kappa shape index (κ3) is 5.60. The van der Waals surface area contributed by atoms with E-state index in [9.17, 15) is 18.0 Å². The van der Waals surface area contributed by atoms with Gasteiger partial charge in [-0.1, -0.05) is 6.07 Å². The molecule has 0 aliphatic rings. The maximum absolute atomic E-state index is 12.5. The number of nitrogens with one attached hydrogen (secondary N) is 2. The van der Waals surface area contributed by atoms with Crippen molar-refractivity contribution in [2.45, 2.75) is 25.6 Å². The molecule has 2 amide bonds. The Labute approximate surface area is 109 Å². The Kier molecular flexibility index (Phi) is 5.17. The molecule has 4 N–H and O–H groups in total. The fourth-order valence-corrected chi connectivity index (χ4v) is 1.36. The van der Waals surface area contributed by atoms with Gasteiger partial charge < -0.3 is 16.4 Å². The molecule has 0 bridgehead atoms. The molecule has 0 heterocycles. The van der Waals surface area contributed by atoms with Crippen LogP contribution in [0.3, 0.4) is 0 Å². The van der Waals surface area contributed by atoms with Crippen LogP contribution in [0.2, 0.25) is 0 Å². The van der Waals surface area contributed by atoms with Crippen LogP contribution in [0.1, 0.15) is 18.9 Å². The van der Waals surface area contributed by atoms with Crippen LogP contribution in [0, 0.1) is 0 Å². The van der Waals surface area contributed by atoms with E-state index >= 15 is 0 Å². The zero-order valence-electron chi connectivity index (χ0n) is 10.4. The van der Waals surface area contributed by atoms with E-state index in [0.29, 0.717) is 13.0 Å². The maximum atomic E-state index is 12.5. The Morgan fingerprint density at radius 2 is 2.11 bits per heavy atom. The van der Waals surface area contributed by atoms with Crippen LogP contribution in [0.5, 0.6) is 0 Å². The number of carbonyl (C=O) groups excluding carboxylic acids is 1. The van der Waals surface area contributed by atoms with Crippen molar-refractivity contribution in [2.75, 3.05) is 11.9 Å². The van der Waals surface area contributed by atoms with Crippen LogP contribution in [0.15, 0.2) is 24.3 Å². The van der Waals surface area contributed by atoms with Crippen molar-refractivity contribution in [1.29, 1.82) is 0 Å². The largest absolute Gasteiger partial charge is 0.416 e. The maximum Gasteiger partial charge on any atom is 0.416 e. The van der Waals surface area contributed by atoms with E-state index in [0.717, 1.165) is 12.1 Å². The van der Waals surface area contributed by atoms with Gasteiger partial charge in [0.2, 0.25) is 0 Å². The Bertz CT molecular complexity index is 432. The second kappa shape index (κ2) is 6.42. The van der Waals surface area contributed by atoms with E-state index in [2.05, 4.69) is 10.6 Å². The summed E-state index contributed by atoms with van der Waals surface area (Å²) in [5, 5.41) is 4.85. The number of amides is 2. The number of nitrogens with two attached hydrogens (primary N) is 1. The lowest BCUT2D eigenvalue weighted by Gasteiger charge is -2.11. The summed E-state index contributed by atoms with van der Waals surface area (Å²) in [5.74, 6) is 0. The van der Waals surface area contributed by atoms with Crippen molar-refractivity contribution in [3.8, 4) is 0 Å². The summed E-state index contributed by atoms with van der Waals surface area (Å²) in [6.07, 6.45) is -3.83. The third-order valence-corrected chi connectivity index (χ3v) is 2.33. The number of anilines is 1. The average molecular weight is 275 g/mol. The van der Waals surface area contributed by atoms with Crippen LogP contribution >= 0.6 is 0 Å². The van der Waals surface area contributed by atoms with E-state index in [1.807, 2.05) is 0 Å². The number of hydrogen-bond acceptors (Lipinski definition) is 2. The van der Waals surface area contributed by atoms with Gasteiger partial charge in [0.25, 0.3) is 0 Å². The molecule has 0 spiro atoms. The van der Waals surface area contributed by atoms with Gasteiger partial charge in [0.15, 0.2) is 0 Å². The standard InChI is InChI=1S/C12H16F3N3O/c1-8(16)5-6-17-11(19)18-10-4-2-3-9(7-10)12(13,14)15/h2-4,7-8H,5-6,16H2,1H3,(H2,17,18,19). The summed E-state index contributed by atoms with van der Waals surface area (Å²) in [7, 11) is 0. The highest BCUT2D eigenvalue weighted by atomic mass is 19.4. The van der Waals surface area contributed by atoms with E-state index in [1.165, 1.54) is 12.1 Å². The lowest BCUT2D eigenvalue weighted by molar-refractivity contribution is -0.137. The molecule has 1 rings (SSSR count). The van der Waals surface area contributed by atoms with Crippen LogP contribution in [0.4, 0.5) is 23.7 Å². The minimum Gasteiger partial charge on any atom is -0.338 e. The van der Waals surface area contributed by atoms with Gasteiger partial charge in [-0.2, -0.15) is 13.2 Å². The molecule has 0 aliphatic carbocycles. The number of carbonyl (C=O) groups is 1. The van der Waals surface area contributed by atoms with Crippen LogP contribution < -0.4 is 16.4 Å². The van der Waals surface area contributed by atoms with Crippen molar-refractivity contribution in [3.63, 3.8) is 0 Å². The molecule has 0 aliphatic heterocycles. The fourth-order valence-electron chi connectivity index (χ4n) is 1.36. The summed E-state index contributed by atoms with van der Waals surface area (Å²) >= 11 is 0. The van der Waals surface area contributed by atoms with E-state index in [1.54, 1.807) is 6.92 Å².